The predicted octanol–water partition coefficient (Wildman–Crippen LogP) is 3.05. The summed E-state index contributed by atoms with van der Waals surface area (Å²) < 4.78 is 0. The average molecular weight is 273 g/mol. The molecule has 0 aliphatic carbocycles. The quantitative estimate of drug-likeness (QED) is 0.850. The third-order valence-corrected chi connectivity index (χ3v) is 3.38. The summed E-state index contributed by atoms with van der Waals surface area (Å²) in [4.78, 5) is 7.44. The average Bonchev–Trinajstić information content (AvgIpc) is 2.38. The molecular formula is C15H19N3S. The van der Waals surface area contributed by atoms with Crippen molar-refractivity contribution in [3.05, 3.63) is 36.0 Å². The van der Waals surface area contributed by atoms with Gasteiger partial charge in [-0.1, -0.05) is 30.4 Å². The molecule has 0 fully saturated rings. The van der Waals surface area contributed by atoms with E-state index in [-0.39, 0.29) is 0 Å². The SMILES string of the molecule is CCN(CCC(N)=S)c1cc(C)nc2ccccc12. The van der Waals surface area contributed by atoms with E-state index in [0.717, 1.165) is 30.7 Å². The maximum Gasteiger partial charge on any atom is 0.0745 e. The first kappa shape index (κ1) is 13.7. The monoisotopic (exact) mass is 273 g/mol. The van der Waals surface area contributed by atoms with Crippen LogP contribution in [0.25, 0.3) is 10.9 Å². The third-order valence-electron chi connectivity index (χ3n) is 3.17. The van der Waals surface area contributed by atoms with Crippen LogP contribution in [0.4, 0.5) is 5.69 Å². The van der Waals surface area contributed by atoms with Gasteiger partial charge in [-0.15, -0.1) is 0 Å². The van der Waals surface area contributed by atoms with Gasteiger partial charge in [0, 0.05) is 36.3 Å². The zero-order valence-corrected chi connectivity index (χ0v) is 12.2. The Morgan fingerprint density at radius 3 is 2.79 bits per heavy atom. The van der Waals surface area contributed by atoms with Gasteiger partial charge in [-0.25, -0.2) is 0 Å². The van der Waals surface area contributed by atoms with Crippen LogP contribution in [0, 0.1) is 6.92 Å². The Labute approximate surface area is 119 Å². The topological polar surface area (TPSA) is 42.1 Å². The van der Waals surface area contributed by atoms with Crippen molar-refractivity contribution in [2.45, 2.75) is 20.3 Å². The lowest BCUT2D eigenvalue weighted by molar-refractivity contribution is 0.839. The summed E-state index contributed by atoms with van der Waals surface area (Å²) in [6, 6.07) is 10.4. The minimum absolute atomic E-state index is 0.563. The lowest BCUT2D eigenvalue weighted by Crippen LogP contribution is -2.27. The maximum absolute atomic E-state index is 5.61. The van der Waals surface area contributed by atoms with Crippen LogP contribution in [0.2, 0.25) is 0 Å². The van der Waals surface area contributed by atoms with Gasteiger partial charge in [0.25, 0.3) is 0 Å². The molecule has 0 saturated heterocycles. The van der Waals surface area contributed by atoms with E-state index in [1.54, 1.807) is 0 Å². The summed E-state index contributed by atoms with van der Waals surface area (Å²) in [5.41, 5.74) is 8.88. The zero-order chi connectivity index (χ0) is 13.8. The molecule has 1 aromatic carbocycles. The largest absolute Gasteiger partial charge is 0.393 e. The van der Waals surface area contributed by atoms with Gasteiger partial charge in [0.2, 0.25) is 0 Å². The molecule has 1 aromatic heterocycles. The van der Waals surface area contributed by atoms with E-state index in [1.807, 2.05) is 25.1 Å². The zero-order valence-electron chi connectivity index (χ0n) is 11.4. The van der Waals surface area contributed by atoms with Crippen LogP contribution in [-0.4, -0.2) is 23.1 Å². The molecule has 100 valence electrons. The molecule has 0 unspecified atom stereocenters. The van der Waals surface area contributed by atoms with Gasteiger partial charge in [-0.2, -0.15) is 0 Å². The summed E-state index contributed by atoms with van der Waals surface area (Å²) in [5.74, 6) is 0. The summed E-state index contributed by atoms with van der Waals surface area (Å²) in [7, 11) is 0. The van der Waals surface area contributed by atoms with E-state index in [4.69, 9.17) is 18.0 Å². The molecule has 2 N–H and O–H groups in total. The van der Waals surface area contributed by atoms with E-state index < -0.39 is 0 Å². The number of nitrogens with two attached hydrogens (primary N) is 1. The van der Waals surface area contributed by atoms with Crippen LogP contribution in [0.1, 0.15) is 19.0 Å². The smallest absolute Gasteiger partial charge is 0.0745 e. The molecule has 2 rings (SSSR count). The highest BCUT2D eigenvalue weighted by Crippen LogP contribution is 2.26. The normalized spacial score (nSPS) is 10.6. The van der Waals surface area contributed by atoms with Gasteiger partial charge in [-0.3, -0.25) is 4.98 Å². The molecule has 0 spiro atoms. The molecule has 0 aliphatic rings. The van der Waals surface area contributed by atoms with Crippen molar-refractivity contribution in [1.29, 1.82) is 0 Å². The van der Waals surface area contributed by atoms with Gasteiger partial charge in [0.1, 0.15) is 0 Å². The number of anilines is 1. The summed E-state index contributed by atoms with van der Waals surface area (Å²) in [5, 5.41) is 1.18. The Morgan fingerprint density at radius 1 is 1.37 bits per heavy atom. The standard InChI is InChI=1S/C15H19N3S/c1-3-18(9-8-15(16)19)14-10-11(2)17-13-7-5-4-6-12(13)14/h4-7,10H,3,8-9H2,1-2H3,(H2,16,19). The second-order valence-corrected chi connectivity index (χ2v) is 5.12. The highest BCUT2D eigenvalue weighted by Gasteiger charge is 2.10. The lowest BCUT2D eigenvalue weighted by atomic mass is 10.1. The molecule has 2 aromatic rings. The highest BCUT2D eigenvalue weighted by atomic mass is 32.1. The van der Waals surface area contributed by atoms with Crippen LogP contribution in [0.5, 0.6) is 0 Å². The molecule has 0 bridgehead atoms. The minimum Gasteiger partial charge on any atom is -0.393 e. The second-order valence-electron chi connectivity index (χ2n) is 4.60. The Morgan fingerprint density at radius 2 is 2.11 bits per heavy atom. The van der Waals surface area contributed by atoms with E-state index >= 15 is 0 Å². The van der Waals surface area contributed by atoms with Crippen LogP contribution in [-0.2, 0) is 0 Å². The summed E-state index contributed by atoms with van der Waals surface area (Å²) in [6.07, 6.45) is 0.735. The van der Waals surface area contributed by atoms with Gasteiger partial charge in [-0.05, 0) is 26.0 Å². The molecule has 0 amide bonds. The van der Waals surface area contributed by atoms with E-state index in [0.29, 0.717) is 4.99 Å². The highest BCUT2D eigenvalue weighted by molar-refractivity contribution is 7.80. The summed E-state index contributed by atoms with van der Waals surface area (Å²) in [6.45, 7) is 5.94. The van der Waals surface area contributed by atoms with Crippen molar-refractivity contribution >= 4 is 33.8 Å². The van der Waals surface area contributed by atoms with Crippen molar-refractivity contribution in [2.24, 2.45) is 5.73 Å². The minimum atomic E-state index is 0.563. The number of thiocarbonyl (C=S) groups is 1. The first-order chi connectivity index (χ1) is 9.11. The van der Waals surface area contributed by atoms with Crippen LogP contribution >= 0.6 is 12.2 Å². The first-order valence-electron chi connectivity index (χ1n) is 6.51. The number of nitrogens with zero attached hydrogens (tertiary/aromatic N) is 2. The molecule has 0 saturated carbocycles. The molecule has 3 nitrogen and oxygen atoms in total. The number of rotatable bonds is 5. The number of fused-ring (bicyclic) bond motifs is 1. The lowest BCUT2D eigenvalue weighted by Gasteiger charge is -2.24. The molecule has 0 atom stereocenters. The molecule has 0 radical (unpaired) electrons. The number of benzene rings is 1. The van der Waals surface area contributed by atoms with Gasteiger partial charge >= 0.3 is 0 Å². The van der Waals surface area contributed by atoms with Gasteiger partial charge in [0.15, 0.2) is 0 Å². The predicted molar refractivity (Wildman–Crippen MR) is 85.8 cm³/mol. The van der Waals surface area contributed by atoms with E-state index in [1.165, 1.54) is 11.1 Å². The number of aryl methyl sites for hydroxylation is 1. The van der Waals surface area contributed by atoms with E-state index in [2.05, 4.69) is 28.9 Å². The van der Waals surface area contributed by atoms with E-state index in [9.17, 15) is 0 Å². The third kappa shape index (κ3) is 3.20. The fourth-order valence-corrected chi connectivity index (χ4v) is 2.33. The number of hydrogen-bond acceptors (Lipinski definition) is 3. The Balaban J connectivity index is 2.43. The van der Waals surface area contributed by atoms with Gasteiger partial charge in [0.05, 0.1) is 10.5 Å². The molecular weight excluding hydrogens is 254 g/mol. The summed E-state index contributed by atoms with van der Waals surface area (Å²) >= 11 is 4.97. The Bertz CT molecular complexity index is 595. The fourth-order valence-electron chi connectivity index (χ4n) is 2.24. The number of hydrogen-bond donors (Lipinski definition) is 1. The van der Waals surface area contributed by atoms with Gasteiger partial charge < -0.3 is 10.6 Å². The van der Waals surface area contributed by atoms with Crippen LogP contribution in [0.3, 0.4) is 0 Å². The van der Waals surface area contributed by atoms with Crippen molar-refractivity contribution < 1.29 is 0 Å². The first-order valence-corrected chi connectivity index (χ1v) is 6.92. The number of aromatic nitrogens is 1. The van der Waals surface area contributed by atoms with Crippen molar-refractivity contribution in [3.8, 4) is 0 Å². The number of pyridine rings is 1. The fraction of sp³-hybridized carbons (Fsp3) is 0.333. The Kier molecular flexibility index (Phi) is 4.32. The van der Waals surface area contributed by atoms with Crippen molar-refractivity contribution in [2.75, 3.05) is 18.0 Å². The molecule has 0 aliphatic heterocycles. The number of para-hydroxylation sites is 1. The molecule has 4 heteroatoms. The van der Waals surface area contributed by atoms with Crippen LogP contribution < -0.4 is 10.6 Å². The second kappa shape index (κ2) is 5.97. The molecule has 19 heavy (non-hydrogen) atoms. The van der Waals surface area contributed by atoms with Crippen molar-refractivity contribution in [3.63, 3.8) is 0 Å². The van der Waals surface area contributed by atoms with Crippen molar-refractivity contribution in [1.82, 2.24) is 4.98 Å². The van der Waals surface area contributed by atoms with Crippen LogP contribution in [0.15, 0.2) is 30.3 Å². The molecule has 1 heterocycles. The maximum atomic E-state index is 5.61. The Hall–Kier alpha value is -1.68.